The first-order valence-corrected chi connectivity index (χ1v) is 5.65. The molecule has 0 radical (unpaired) electrons. The minimum absolute atomic E-state index is 0.0171. The van der Waals surface area contributed by atoms with E-state index in [1.54, 1.807) is 6.07 Å². The van der Waals surface area contributed by atoms with E-state index < -0.39 is 0 Å². The highest BCUT2D eigenvalue weighted by Gasteiger charge is 2.14. The Morgan fingerprint density at radius 1 is 1.74 bits per heavy atom. The summed E-state index contributed by atoms with van der Waals surface area (Å²) in [6.45, 7) is 1.92. The molecular weight excluding hydrogens is 250 g/mol. The van der Waals surface area contributed by atoms with Gasteiger partial charge in [-0.2, -0.15) is 5.10 Å². The highest BCUT2D eigenvalue weighted by Crippen LogP contribution is 2.14. The Balaban J connectivity index is 2.25. The fourth-order valence-electron chi connectivity index (χ4n) is 1.70. The predicted molar refractivity (Wildman–Crippen MR) is 69.5 cm³/mol. The summed E-state index contributed by atoms with van der Waals surface area (Å²) in [5.41, 5.74) is 5.63. The number of oxime groups is 1. The molecular formula is C10H15N7O2. The molecule has 0 saturated carbocycles. The highest BCUT2D eigenvalue weighted by atomic mass is 16.4. The Kier molecular flexibility index (Phi) is 3.36. The summed E-state index contributed by atoms with van der Waals surface area (Å²) < 4.78 is 1.31. The molecule has 4 N–H and O–H groups in total. The standard InChI is InChI=1S/C10H15N7O2/c1-6(3-7(11)15-19)16(2)8-4-9-13-14-10(18)17(9)5-12-8/h4-6,19H,3H2,1-2H3,(H2,11,15)(H,14,18). The molecule has 2 rings (SSSR count). The number of H-pyrrole nitrogens is 1. The van der Waals surface area contributed by atoms with E-state index in [2.05, 4.69) is 20.3 Å². The largest absolute Gasteiger partial charge is 0.409 e. The van der Waals surface area contributed by atoms with E-state index in [1.165, 1.54) is 10.7 Å². The number of nitrogens with zero attached hydrogens (tertiary/aromatic N) is 5. The zero-order valence-corrected chi connectivity index (χ0v) is 10.6. The van der Waals surface area contributed by atoms with Gasteiger partial charge in [-0.05, 0) is 6.92 Å². The molecule has 0 aliphatic carbocycles. The maximum absolute atomic E-state index is 11.3. The number of aromatic nitrogens is 4. The molecule has 9 heteroatoms. The van der Waals surface area contributed by atoms with Crippen LogP contribution in [0.25, 0.3) is 5.65 Å². The van der Waals surface area contributed by atoms with Crippen LogP contribution in [0.4, 0.5) is 5.82 Å². The van der Waals surface area contributed by atoms with E-state index in [0.717, 1.165) is 0 Å². The third kappa shape index (κ3) is 2.49. The van der Waals surface area contributed by atoms with E-state index >= 15 is 0 Å². The van der Waals surface area contributed by atoms with Gasteiger partial charge in [-0.15, -0.1) is 0 Å². The van der Waals surface area contributed by atoms with Crippen LogP contribution in [0.1, 0.15) is 13.3 Å². The SMILES string of the molecule is CC(CC(N)=NO)N(C)c1cc2n[nH]c(=O)n2cn1. The van der Waals surface area contributed by atoms with Gasteiger partial charge in [-0.1, -0.05) is 5.16 Å². The maximum atomic E-state index is 11.3. The Hall–Kier alpha value is -2.58. The number of anilines is 1. The first kappa shape index (κ1) is 12.9. The number of nitrogens with one attached hydrogen (secondary N) is 1. The van der Waals surface area contributed by atoms with Crippen molar-refractivity contribution in [2.45, 2.75) is 19.4 Å². The molecule has 9 nitrogen and oxygen atoms in total. The lowest BCUT2D eigenvalue weighted by molar-refractivity contribution is 0.316. The van der Waals surface area contributed by atoms with Crippen molar-refractivity contribution in [3.05, 3.63) is 22.9 Å². The van der Waals surface area contributed by atoms with Crippen LogP contribution < -0.4 is 16.3 Å². The molecule has 0 aliphatic heterocycles. The lowest BCUT2D eigenvalue weighted by atomic mass is 10.2. The fraction of sp³-hybridized carbons (Fsp3) is 0.400. The van der Waals surface area contributed by atoms with Gasteiger partial charge < -0.3 is 15.8 Å². The summed E-state index contributed by atoms with van der Waals surface area (Å²) in [4.78, 5) is 17.3. The molecule has 0 spiro atoms. The Morgan fingerprint density at radius 3 is 3.16 bits per heavy atom. The van der Waals surface area contributed by atoms with Gasteiger partial charge in [0.15, 0.2) is 5.65 Å². The van der Waals surface area contributed by atoms with Crippen molar-refractivity contribution in [2.75, 3.05) is 11.9 Å². The molecule has 0 saturated heterocycles. The Morgan fingerprint density at radius 2 is 2.47 bits per heavy atom. The van der Waals surface area contributed by atoms with Crippen molar-refractivity contribution in [1.82, 2.24) is 19.6 Å². The zero-order chi connectivity index (χ0) is 14.0. The number of aromatic amines is 1. The Bertz CT molecular complexity index is 659. The first-order valence-electron chi connectivity index (χ1n) is 5.65. The van der Waals surface area contributed by atoms with Crippen molar-refractivity contribution >= 4 is 17.3 Å². The van der Waals surface area contributed by atoms with Gasteiger partial charge in [-0.25, -0.2) is 19.3 Å². The number of amidine groups is 1. The number of rotatable bonds is 4. The minimum Gasteiger partial charge on any atom is -0.409 e. The van der Waals surface area contributed by atoms with E-state index in [4.69, 9.17) is 10.9 Å². The highest BCUT2D eigenvalue weighted by molar-refractivity contribution is 5.80. The second kappa shape index (κ2) is 4.96. The van der Waals surface area contributed by atoms with Crippen molar-refractivity contribution < 1.29 is 5.21 Å². The van der Waals surface area contributed by atoms with Crippen LogP contribution in [-0.2, 0) is 0 Å². The van der Waals surface area contributed by atoms with Crippen molar-refractivity contribution in [1.29, 1.82) is 0 Å². The molecule has 1 atom stereocenters. The molecule has 2 aromatic heterocycles. The fourth-order valence-corrected chi connectivity index (χ4v) is 1.70. The van der Waals surface area contributed by atoms with Gasteiger partial charge in [0.05, 0.1) is 0 Å². The molecule has 0 aliphatic rings. The van der Waals surface area contributed by atoms with Crippen LogP contribution in [0.3, 0.4) is 0 Å². The third-order valence-corrected chi connectivity index (χ3v) is 2.95. The van der Waals surface area contributed by atoms with E-state index in [9.17, 15) is 4.79 Å². The third-order valence-electron chi connectivity index (χ3n) is 2.95. The smallest absolute Gasteiger partial charge is 0.348 e. The van der Waals surface area contributed by atoms with Gasteiger partial charge in [-0.3, -0.25) is 0 Å². The van der Waals surface area contributed by atoms with Gasteiger partial charge in [0, 0.05) is 25.6 Å². The summed E-state index contributed by atoms with van der Waals surface area (Å²) in [5, 5.41) is 17.7. The lowest BCUT2D eigenvalue weighted by Gasteiger charge is -2.25. The first-order chi connectivity index (χ1) is 9.02. The van der Waals surface area contributed by atoms with Crippen LogP contribution in [0.15, 0.2) is 22.3 Å². The summed E-state index contributed by atoms with van der Waals surface area (Å²) in [6.07, 6.45) is 1.80. The average molecular weight is 265 g/mol. The van der Waals surface area contributed by atoms with E-state index in [-0.39, 0.29) is 17.6 Å². The maximum Gasteiger partial charge on any atom is 0.348 e. The van der Waals surface area contributed by atoms with E-state index in [0.29, 0.717) is 17.9 Å². The monoisotopic (exact) mass is 265 g/mol. The molecule has 102 valence electrons. The van der Waals surface area contributed by atoms with Crippen LogP contribution in [0.5, 0.6) is 0 Å². The summed E-state index contributed by atoms with van der Waals surface area (Å²) in [6, 6.07) is 1.66. The van der Waals surface area contributed by atoms with Crippen LogP contribution >= 0.6 is 0 Å². The number of hydrogen-bond donors (Lipinski definition) is 3. The quantitative estimate of drug-likeness (QED) is 0.293. The van der Waals surface area contributed by atoms with Gasteiger partial charge in [0.2, 0.25) is 0 Å². The molecule has 0 bridgehead atoms. The molecule has 0 amide bonds. The van der Waals surface area contributed by atoms with Crippen LogP contribution in [-0.4, -0.2) is 43.7 Å². The summed E-state index contributed by atoms with van der Waals surface area (Å²) >= 11 is 0. The number of nitrogens with two attached hydrogens (primary N) is 1. The second-order valence-corrected chi connectivity index (χ2v) is 4.26. The van der Waals surface area contributed by atoms with Crippen molar-refractivity contribution in [2.24, 2.45) is 10.9 Å². The van der Waals surface area contributed by atoms with Crippen molar-refractivity contribution in [3.8, 4) is 0 Å². The van der Waals surface area contributed by atoms with Crippen LogP contribution in [0.2, 0.25) is 0 Å². The normalized spacial score (nSPS) is 13.7. The predicted octanol–water partition coefficient (Wildman–Crippen LogP) is -0.621. The minimum atomic E-state index is -0.332. The van der Waals surface area contributed by atoms with Crippen LogP contribution in [0, 0.1) is 0 Å². The van der Waals surface area contributed by atoms with Crippen molar-refractivity contribution in [3.63, 3.8) is 0 Å². The number of hydrogen-bond acceptors (Lipinski definition) is 6. The molecule has 2 aromatic rings. The molecule has 1 unspecified atom stereocenters. The zero-order valence-electron chi connectivity index (χ0n) is 10.6. The molecule has 0 fully saturated rings. The summed E-state index contributed by atoms with van der Waals surface area (Å²) in [5.74, 6) is 0.793. The molecule has 19 heavy (non-hydrogen) atoms. The molecule has 0 aromatic carbocycles. The lowest BCUT2D eigenvalue weighted by Crippen LogP contribution is -2.33. The Labute approximate surface area is 108 Å². The van der Waals surface area contributed by atoms with E-state index in [1.807, 2.05) is 18.9 Å². The van der Waals surface area contributed by atoms with Gasteiger partial charge >= 0.3 is 5.69 Å². The van der Waals surface area contributed by atoms with Gasteiger partial charge in [0.1, 0.15) is 18.0 Å². The average Bonchev–Trinajstić information content (AvgIpc) is 2.78. The molecule has 2 heterocycles. The van der Waals surface area contributed by atoms with Gasteiger partial charge in [0.25, 0.3) is 0 Å². The topological polar surface area (TPSA) is 125 Å². The summed E-state index contributed by atoms with van der Waals surface area (Å²) in [7, 11) is 1.83. The second-order valence-electron chi connectivity index (χ2n) is 4.26. The number of fused-ring (bicyclic) bond motifs is 1.